The molecule has 8 nitrogen and oxygen atoms in total. The second-order valence-corrected chi connectivity index (χ2v) is 8.95. The molecule has 37 heavy (non-hydrogen) atoms. The van der Waals surface area contributed by atoms with Crippen molar-refractivity contribution in [2.75, 3.05) is 25.5 Å². The van der Waals surface area contributed by atoms with Crippen molar-refractivity contribution in [2.24, 2.45) is 0 Å². The summed E-state index contributed by atoms with van der Waals surface area (Å²) >= 11 is 6.36. The molecular weight excluding hydrogens is 492 g/mol. The zero-order valence-corrected chi connectivity index (χ0v) is 20.9. The SMILES string of the molecule is COc1cccc(Oc2cnn(-c3ccccc3Cl)c(=O)c2Nc2cccc(C(=O)N3CCCC3)c2)c1. The number of methoxy groups -OCH3 is 1. The van der Waals surface area contributed by atoms with Gasteiger partial charge in [-0.25, -0.2) is 0 Å². The predicted molar refractivity (Wildman–Crippen MR) is 143 cm³/mol. The number of nitrogens with zero attached hydrogens (tertiary/aromatic N) is 3. The van der Waals surface area contributed by atoms with E-state index in [1.54, 1.807) is 79.9 Å². The van der Waals surface area contributed by atoms with Crippen LogP contribution in [0.5, 0.6) is 17.2 Å². The molecule has 1 amide bonds. The standard InChI is InChI=1S/C28H25ClN4O4/c1-36-21-10-7-11-22(17-21)37-25-18-30-33(24-13-3-2-12-23(24)29)28(35)26(25)31-20-9-6-8-19(16-20)27(34)32-14-4-5-15-32/h2-3,6-13,16-18,31H,4-5,14-15H2,1H3. The molecule has 0 aliphatic carbocycles. The molecule has 2 heterocycles. The van der Waals surface area contributed by atoms with Crippen LogP contribution in [0.3, 0.4) is 0 Å². The van der Waals surface area contributed by atoms with Gasteiger partial charge in [-0.3, -0.25) is 9.59 Å². The van der Waals surface area contributed by atoms with Crippen LogP contribution in [0.15, 0.2) is 83.8 Å². The third-order valence-corrected chi connectivity index (χ3v) is 6.38. The fourth-order valence-corrected chi connectivity index (χ4v) is 4.41. The molecule has 9 heteroatoms. The Labute approximate surface area is 219 Å². The summed E-state index contributed by atoms with van der Waals surface area (Å²) < 4.78 is 12.6. The van der Waals surface area contributed by atoms with Crippen LogP contribution in [0, 0.1) is 0 Å². The summed E-state index contributed by atoms with van der Waals surface area (Å²) in [6, 6.07) is 21.1. The molecule has 0 atom stereocenters. The van der Waals surface area contributed by atoms with Gasteiger partial charge in [0, 0.05) is 30.4 Å². The molecule has 1 saturated heterocycles. The lowest BCUT2D eigenvalue weighted by atomic mass is 10.1. The summed E-state index contributed by atoms with van der Waals surface area (Å²) in [5.41, 5.74) is 1.22. The Hall–Kier alpha value is -4.30. The zero-order chi connectivity index (χ0) is 25.8. The normalized spacial score (nSPS) is 12.9. The van der Waals surface area contributed by atoms with Gasteiger partial charge in [0.05, 0.1) is 24.0 Å². The van der Waals surface area contributed by atoms with Crippen molar-refractivity contribution in [3.05, 3.63) is 99.9 Å². The van der Waals surface area contributed by atoms with Crippen LogP contribution in [-0.2, 0) is 0 Å². The predicted octanol–water partition coefficient (Wildman–Crippen LogP) is 5.67. The van der Waals surface area contributed by atoms with Crippen LogP contribution in [0.2, 0.25) is 5.02 Å². The van der Waals surface area contributed by atoms with Crippen LogP contribution in [0.25, 0.3) is 5.69 Å². The number of benzene rings is 3. The molecule has 1 N–H and O–H groups in total. The monoisotopic (exact) mass is 516 g/mol. The van der Waals surface area contributed by atoms with Gasteiger partial charge in [-0.05, 0) is 55.3 Å². The lowest BCUT2D eigenvalue weighted by Gasteiger charge is -2.17. The van der Waals surface area contributed by atoms with E-state index in [0.717, 1.165) is 25.9 Å². The Morgan fingerprint density at radius 1 is 0.973 bits per heavy atom. The fraction of sp³-hybridized carbons (Fsp3) is 0.179. The van der Waals surface area contributed by atoms with Crippen molar-refractivity contribution in [2.45, 2.75) is 12.8 Å². The maximum Gasteiger partial charge on any atom is 0.299 e. The smallest absolute Gasteiger partial charge is 0.299 e. The van der Waals surface area contributed by atoms with Gasteiger partial charge in [0.2, 0.25) is 0 Å². The number of likely N-dealkylation sites (tertiary alicyclic amines) is 1. The number of para-hydroxylation sites is 1. The van der Waals surface area contributed by atoms with Crippen molar-refractivity contribution in [1.29, 1.82) is 0 Å². The van der Waals surface area contributed by atoms with Gasteiger partial charge < -0.3 is 19.7 Å². The largest absolute Gasteiger partial charge is 0.497 e. The molecule has 1 aliphatic heterocycles. The first-order valence-electron chi connectivity index (χ1n) is 11.9. The van der Waals surface area contributed by atoms with Gasteiger partial charge in [-0.2, -0.15) is 9.78 Å². The van der Waals surface area contributed by atoms with Gasteiger partial charge in [0.15, 0.2) is 11.4 Å². The van der Waals surface area contributed by atoms with E-state index < -0.39 is 5.56 Å². The molecule has 3 aromatic carbocycles. The number of amides is 1. The Morgan fingerprint density at radius 3 is 2.51 bits per heavy atom. The molecular formula is C28H25ClN4O4. The number of aromatic nitrogens is 2. The first-order chi connectivity index (χ1) is 18.0. The first-order valence-corrected chi connectivity index (χ1v) is 12.3. The molecule has 1 aromatic heterocycles. The summed E-state index contributed by atoms with van der Waals surface area (Å²) in [7, 11) is 1.56. The maximum atomic E-state index is 13.7. The van der Waals surface area contributed by atoms with Crippen LogP contribution in [-0.4, -0.2) is 40.8 Å². The van der Waals surface area contributed by atoms with Crippen molar-refractivity contribution >= 4 is 28.9 Å². The van der Waals surface area contributed by atoms with E-state index in [0.29, 0.717) is 33.5 Å². The number of ether oxygens (including phenoxy) is 2. The first kappa shape index (κ1) is 24.4. The van der Waals surface area contributed by atoms with Crippen molar-refractivity contribution in [3.63, 3.8) is 0 Å². The summed E-state index contributed by atoms with van der Waals surface area (Å²) in [6.45, 7) is 1.50. The minimum atomic E-state index is -0.468. The van der Waals surface area contributed by atoms with Gasteiger partial charge >= 0.3 is 0 Å². The number of rotatable bonds is 7. The summed E-state index contributed by atoms with van der Waals surface area (Å²) in [5, 5.41) is 7.85. The van der Waals surface area contributed by atoms with Crippen molar-refractivity contribution < 1.29 is 14.3 Å². The molecule has 0 radical (unpaired) electrons. The van der Waals surface area contributed by atoms with Crippen LogP contribution in [0.1, 0.15) is 23.2 Å². The molecule has 5 rings (SSSR count). The lowest BCUT2D eigenvalue weighted by Crippen LogP contribution is -2.27. The minimum Gasteiger partial charge on any atom is -0.497 e. The third kappa shape index (κ3) is 5.29. The van der Waals surface area contributed by atoms with Crippen molar-refractivity contribution in [3.8, 4) is 22.9 Å². The summed E-state index contributed by atoms with van der Waals surface area (Å²) in [4.78, 5) is 28.5. The number of nitrogens with one attached hydrogen (secondary N) is 1. The molecule has 0 saturated carbocycles. The molecule has 0 unspecified atom stereocenters. The van der Waals surface area contributed by atoms with Crippen LogP contribution in [0.4, 0.5) is 11.4 Å². The topological polar surface area (TPSA) is 85.7 Å². The zero-order valence-electron chi connectivity index (χ0n) is 20.2. The highest BCUT2D eigenvalue weighted by molar-refractivity contribution is 6.32. The maximum absolute atomic E-state index is 13.7. The second kappa shape index (κ2) is 10.8. The number of carbonyl (C=O) groups is 1. The van der Waals surface area contributed by atoms with E-state index in [9.17, 15) is 9.59 Å². The number of anilines is 2. The molecule has 0 spiro atoms. The Balaban J connectivity index is 1.55. The number of carbonyl (C=O) groups excluding carboxylic acids is 1. The summed E-state index contributed by atoms with van der Waals surface area (Å²) in [6.07, 6.45) is 3.46. The second-order valence-electron chi connectivity index (χ2n) is 8.54. The minimum absolute atomic E-state index is 0.0304. The lowest BCUT2D eigenvalue weighted by molar-refractivity contribution is 0.0793. The highest BCUT2D eigenvalue weighted by atomic mass is 35.5. The van der Waals surface area contributed by atoms with Gasteiger partial charge in [-0.15, -0.1) is 0 Å². The van der Waals surface area contributed by atoms with Gasteiger partial charge in [-0.1, -0.05) is 35.9 Å². The Kier molecular flexibility index (Phi) is 7.09. The van der Waals surface area contributed by atoms with E-state index in [-0.39, 0.29) is 17.3 Å². The molecule has 0 bridgehead atoms. The van der Waals surface area contributed by atoms with Crippen LogP contribution >= 0.6 is 11.6 Å². The van der Waals surface area contributed by atoms with E-state index in [1.807, 2.05) is 4.90 Å². The van der Waals surface area contributed by atoms with Crippen molar-refractivity contribution in [1.82, 2.24) is 14.7 Å². The fourth-order valence-electron chi connectivity index (χ4n) is 4.19. The van der Waals surface area contributed by atoms with Crippen LogP contribution < -0.4 is 20.3 Å². The highest BCUT2D eigenvalue weighted by Crippen LogP contribution is 2.31. The molecule has 4 aromatic rings. The van der Waals surface area contributed by atoms with E-state index in [2.05, 4.69) is 10.4 Å². The van der Waals surface area contributed by atoms with E-state index in [1.165, 1.54) is 10.9 Å². The van der Waals surface area contributed by atoms with Gasteiger partial charge in [0.25, 0.3) is 11.5 Å². The molecule has 188 valence electrons. The number of halogens is 1. The highest BCUT2D eigenvalue weighted by Gasteiger charge is 2.21. The Bertz CT molecular complexity index is 1500. The third-order valence-electron chi connectivity index (χ3n) is 6.06. The quantitative estimate of drug-likeness (QED) is 0.341. The average Bonchev–Trinajstić information content (AvgIpc) is 3.46. The number of hydrogen-bond donors (Lipinski definition) is 1. The Morgan fingerprint density at radius 2 is 1.73 bits per heavy atom. The van der Waals surface area contributed by atoms with E-state index >= 15 is 0 Å². The summed E-state index contributed by atoms with van der Waals surface area (Å²) in [5.74, 6) is 1.25. The van der Waals surface area contributed by atoms with E-state index in [4.69, 9.17) is 21.1 Å². The van der Waals surface area contributed by atoms with Gasteiger partial charge in [0.1, 0.15) is 11.5 Å². The molecule has 1 fully saturated rings. The average molecular weight is 517 g/mol. The number of hydrogen-bond acceptors (Lipinski definition) is 6. The molecule has 1 aliphatic rings.